The Kier molecular flexibility index (Phi) is 4.71. The highest BCUT2D eigenvalue weighted by Gasteiger charge is 2.15. The molecule has 0 saturated carbocycles. The van der Waals surface area contributed by atoms with Gasteiger partial charge >= 0.3 is 0 Å². The van der Waals surface area contributed by atoms with Crippen LogP contribution >= 0.6 is 23.4 Å². The van der Waals surface area contributed by atoms with Crippen LogP contribution in [0.4, 0.5) is 0 Å². The minimum atomic E-state index is -0.136. The smallest absolute Gasteiger partial charge is 0.0858 e. The average Bonchev–Trinajstić information content (AvgIpc) is 2.42. The quantitative estimate of drug-likeness (QED) is 0.886. The zero-order valence-electron chi connectivity index (χ0n) is 10.4. The van der Waals surface area contributed by atoms with Crippen molar-refractivity contribution in [3.8, 4) is 0 Å². The molecular weight excluding hydrogens is 242 g/mol. The Labute approximate surface area is 107 Å². The van der Waals surface area contributed by atoms with Crippen molar-refractivity contribution in [2.45, 2.75) is 38.5 Å². The third kappa shape index (κ3) is 3.68. The first kappa shape index (κ1) is 13.9. The summed E-state index contributed by atoms with van der Waals surface area (Å²) in [5.74, 6) is 1.78. The number of hydrogen-bond donors (Lipinski definition) is 1. The normalized spacial score (nSPS) is 12.1. The van der Waals surface area contributed by atoms with Crippen molar-refractivity contribution in [3.63, 3.8) is 0 Å². The molecule has 0 unspecified atom stereocenters. The molecule has 0 radical (unpaired) electrons. The van der Waals surface area contributed by atoms with Crippen molar-refractivity contribution in [2.24, 2.45) is 12.8 Å². The van der Waals surface area contributed by atoms with Crippen LogP contribution in [0.1, 0.15) is 32.2 Å². The zero-order valence-corrected chi connectivity index (χ0v) is 12.0. The first-order valence-corrected chi connectivity index (χ1v) is 6.95. The maximum Gasteiger partial charge on any atom is 0.0858 e. The molecule has 1 rings (SSSR count). The van der Waals surface area contributed by atoms with Crippen molar-refractivity contribution in [3.05, 3.63) is 16.4 Å². The highest BCUT2D eigenvalue weighted by Crippen LogP contribution is 2.25. The molecule has 5 heteroatoms. The Morgan fingerprint density at radius 2 is 2.12 bits per heavy atom. The van der Waals surface area contributed by atoms with Crippen LogP contribution in [0.3, 0.4) is 0 Å². The number of aromatic nitrogens is 2. The summed E-state index contributed by atoms with van der Waals surface area (Å²) >= 11 is 8.05. The lowest BCUT2D eigenvalue weighted by Gasteiger charge is -2.17. The Morgan fingerprint density at radius 3 is 2.56 bits per heavy atom. The van der Waals surface area contributed by atoms with Gasteiger partial charge in [0, 0.05) is 24.1 Å². The van der Waals surface area contributed by atoms with Crippen LogP contribution in [0, 0.1) is 0 Å². The monoisotopic (exact) mass is 261 g/mol. The van der Waals surface area contributed by atoms with Gasteiger partial charge in [0.2, 0.25) is 0 Å². The van der Waals surface area contributed by atoms with Crippen molar-refractivity contribution in [1.29, 1.82) is 0 Å². The molecule has 0 aromatic carbocycles. The van der Waals surface area contributed by atoms with E-state index in [4.69, 9.17) is 17.3 Å². The highest BCUT2D eigenvalue weighted by molar-refractivity contribution is 7.98. The minimum absolute atomic E-state index is 0.136. The van der Waals surface area contributed by atoms with E-state index in [0.29, 0.717) is 0 Å². The van der Waals surface area contributed by atoms with Gasteiger partial charge in [-0.3, -0.25) is 4.68 Å². The number of thioether (sulfide) groups is 1. The standard InChI is InChI=1S/C11H20ClN3S/c1-5-8-10(12)9(15(4)14-8)6-16-7-11(2,3)13/h5-7,13H2,1-4H3. The van der Waals surface area contributed by atoms with Gasteiger partial charge in [-0.05, 0) is 20.3 Å². The van der Waals surface area contributed by atoms with E-state index < -0.39 is 0 Å². The topological polar surface area (TPSA) is 43.8 Å². The molecule has 3 nitrogen and oxygen atoms in total. The second-order valence-corrected chi connectivity index (χ2v) is 6.03. The summed E-state index contributed by atoms with van der Waals surface area (Å²) in [5, 5.41) is 5.20. The Balaban J connectivity index is 2.64. The number of rotatable bonds is 5. The Morgan fingerprint density at radius 1 is 1.50 bits per heavy atom. The van der Waals surface area contributed by atoms with E-state index in [1.165, 1.54) is 0 Å². The molecule has 0 saturated heterocycles. The predicted molar refractivity (Wildman–Crippen MR) is 72.0 cm³/mol. The largest absolute Gasteiger partial charge is 0.325 e. The lowest BCUT2D eigenvalue weighted by molar-refractivity contribution is 0.591. The van der Waals surface area contributed by atoms with E-state index in [2.05, 4.69) is 12.0 Å². The first-order chi connectivity index (χ1) is 7.35. The molecule has 1 heterocycles. The van der Waals surface area contributed by atoms with E-state index in [0.717, 1.165) is 34.3 Å². The van der Waals surface area contributed by atoms with Crippen LogP contribution in [0.25, 0.3) is 0 Å². The summed E-state index contributed by atoms with van der Waals surface area (Å²) in [4.78, 5) is 0. The van der Waals surface area contributed by atoms with E-state index in [1.54, 1.807) is 11.8 Å². The maximum atomic E-state index is 6.25. The minimum Gasteiger partial charge on any atom is -0.325 e. The molecule has 0 aliphatic heterocycles. The molecule has 0 aliphatic rings. The fraction of sp³-hybridized carbons (Fsp3) is 0.727. The van der Waals surface area contributed by atoms with Gasteiger partial charge < -0.3 is 5.73 Å². The number of nitrogens with two attached hydrogens (primary N) is 1. The molecule has 0 atom stereocenters. The second-order valence-electron chi connectivity index (χ2n) is 4.67. The maximum absolute atomic E-state index is 6.25. The second kappa shape index (κ2) is 5.43. The van der Waals surface area contributed by atoms with E-state index in [-0.39, 0.29) is 5.54 Å². The van der Waals surface area contributed by atoms with Crippen molar-refractivity contribution >= 4 is 23.4 Å². The van der Waals surface area contributed by atoms with Gasteiger partial charge in [-0.2, -0.15) is 16.9 Å². The first-order valence-electron chi connectivity index (χ1n) is 5.42. The zero-order chi connectivity index (χ0) is 12.3. The van der Waals surface area contributed by atoms with E-state index >= 15 is 0 Å². The summed E-state index contributed by atoms with van der Waals surface area (Å²) in [5.41, 5.74) is 7.86. The summed E-state index contributed by atoms with van der Waals surface area (Å²) in [6.07, 6.45) is 0.875. The molecule has 0 spiro atoms. The van der Waals surface area contributed by atoms with E-state index in [1.807, 2.05) is 25.6 Å². The highest BCUT2D eigenvalue weighted by atomic mass is 35.5. The van der Waals surface area contributed by atoms with Gasteiger partial charge in [0.15, 0.2) is 0 Å². The van der Waals surface area contributed by atoms with Gasteiger partial charge in [0.25, 0.3) is 0 Å². The molecule has 2 N–H and O–H groups in total. The number of hydrogen-bond acceptors (Lipinski definition) is 3. The molecule has 0 fully saturated rings. The fourth-order valence-corrected chi connectivity index (χ4v) is 2.98. The van der Waals surface area contributed by atoms with Crippen LogP contribution in [-0.4, -0.2) is 21.1 Å². The lowest BCUT2D eigenvalue weighted by atomic mass is 10.1. The Bertz CT molecular complexity index is 355. The van der Waals surface area contributed by atoms with Crippen LogP contribution < -0.4 is 5.73 Å². The van der Waals surface area contributed by atoms with Crippen LogP contribution in [-0.2, 0) is 19.2 Å². The van der Waals surface area contributed by atoms with Crippen molar-refractivity contribution < 1.29 is 0 Å². The molecule has 16 heavy (non-hydrogen) atoms. The summed E-state index contributed by atoms with van der Waals surface area (Å²) in [7, 11) is 1.94. The van der Waals surface area contributed by atoms with Gasteiger partial charge in [0.1, 0.15) is 0 Å². The van der Waals surface area contributed by atoms with Crippen molar-refractivity contribution in [2.75, 3.05) is 5.75 Å². The summed E-state index contributed by atoms with van der Waals surface area (Å²) < 4.78 is 1.87. The number of halogens is 1. The Hall–Kier alpha value is -0.190. The molecular formula is C11H20ClN3S. The van der Waals surface area contributed by atoms with E-state index in [9.17, 15) is 0 Å². The SMILES string of the molecule is CCc1nn(C)c(CSCC(C)(C)N)c1Cl. The number of nitrogens with zero attached hydrogens (tertiary/aromatic N) is 2. The van der Waals surface area contributed by atoms with Gasteiger partial charge in [-0.15, -0.1) is 0 Å². The fourth-order valence-electron chi connectivity index (χ4n) is 1.39. The molecule has 92 valence electrons. The van der Waals surface area contributed by atoms with Gasteiger partial charge in [-0.1, -0.05) is 18.5 Å². The summed E-state index contributed by atoms with van der Waals surface area (Å²) in [6.45, 7) is 6.12. The molecule has 1 aromatic heterocycles. The molecule has 0 aliphatic carbocycles. The lowest BCUT2D eigenvalue weighted by Crippen LogP contribution is -2.34. The number of aryl methyl sites for hydroxylation is 2. The molecule has 1 aromatic rings. The summed E-state index contributed by atoms with van der Waals surface area (Å²) in [6, 6.07) is 0. The average molecular weight is 262 g/mol. The predicted octanol–water partition coefficient (Wildman–Crippen LogP) is 2.61. The van der Waals surface area contributed by atoms with Crippen LogP contribution in [0.5, 0.6) is 0 Å². The third-order valence-electron chi connectivity index (χ3n) is 2.22. The van der Waals surface area contributed by atoms with Crippen molar-refractivity contribution in [1.82, 2.24) is 9.78 Å². The van der Waals surface area contributed by atoms with Crippen LogP contribution in [0.15, 0.2) is 0 Å². The van der Waals surface area contributed by atoms with Gasteiger partial charge in [0.05, 0.1) is 16.4 Å². The third-order valence-corrected chi connectivity index (χ3v) is 4.08. The van der Waals surface area contributed by atoms with Gasteiger partial charge in [-0.25, -0.2) is 0 Å². The molecule has 0 bridgehead atoms. The molecule has 0 amide bonds. The van der Waals surface area contributed by atoms with Crippen LogP contribution in [0.2, 0.25) is 5.02 Å².